The smallest absolute Gasteiger partial charge is 0.253 e. The second-order valence-corrected chi connectivity index (χ2v) is 9.34. The van der Waals surface area contributed by atoms with Crippen molar-refractivity contribution in [2.45, 2.75) is 44.7 Å². The monoisotopic (exact) mass is 426 g/mol. The first-order valence-electron chi connectivity index (χ1n) is 9.49. The third-order valence-electron chi connectivity index (χ3n) is 4.81. The van der Waals surface area contributed by atoms with Crippen LogP contribution in [0.2, 0.25) is 0 Å². The topological polar surface area (TPSA) is 84.0 Å². The van der Waals surface area contributed by atoms with E-state index in [-0.39, 0.29) is 23.6 Å². The van der Waals surface area contributed by atoms with Crippen LogP contribution in [0.25, 0.3) is 10.2 Å². The molecule has 3 aromatic rings. The van der Waals surface area contributed by atoms with E-state index in [0.29, 0.717) is 17.1 Å². The van der Waals surface area contributed by atoms with Crippen LogP contribution in [-0.4, -0.2) is 33.6 Å². The molecule has 8 heteroatoms. The largest absolute Gasteiger partial charge is 0.349 e. The second kappa shape index (κ2) is 8.12. The zero-order valence-electron chi connectivity index (χ0n) is 16.5. The number of amides is 2. The molecule has 0 radical (unpaired) electrons. The summed E-state index contributed by atoms with van der Waals surface area (Å²) in [6.07, 6.45) is 2.04. The van der Waals surface area contributed by atoms with E-state index in [9.17, 15) is 9.59 Å². The quantitative estimate of drug-likeness (QED) is 0.455. The minimum atomic E-state index is -0.171. The third-order valence-corrected chi connectivity index (χ3v) is 6.88. The van der Waals surface area contributed by atoms with Gasteiger partial charge in [0.1, 0.15) is 15.7 Å². The van der Waals surface area contributed by atoms with Crippen LogP contribution in [0.15, 0.2) is 29.3 Å². The Kier molecular flexibility index (Phi) is 5.56. The molecule has 0 aliphatic heterocycles. The molecule has 0 bridgehead atoms. The fourth-order valence-corrected chi connectivity index (χ4v) is 5.09. The zero-order chi connectivity index (χ0) is 20.5. The van der Waals surface area contributed by atoms with Gasteiger partial charge in [-0.05, 0) is 51.3 Å². The van der Waals surface area contributed by atoms with Crippen molar-refractivity contribution < 1.29 is 9.59 Å². The first-order chi connectivity index (χ1) is 13.9. The lowest BCUT2D eigenvalue weighted by molar-refractivity contribution is -0.113. The molecule has 150 valence electrons. The molecular weight excluding hydrogens is 404 g/mol. The number of hydrogen-bond acceptors (Lipinski definition) is 6. The number of thioether (sulfide) groups is 1. The van der Waals surface area contributed by atoms with Gasteiger partial charge >= 0.3 is 0 Å². The van der Waals surface area contributed by atoms with Gasteiger partial charge in [-0.2, -0.15) is 0 Å². The minimum Gasteiger partial charge on any atom is -0.349 e. The Morgan fingerprint density at radius 2 is 1.93 bits per heavy atom. The molecule has 0 unspecified atom stereocenters. The van der Waals surface area contributed by atoms with E-state index in [0.717, 1.165) is 33.6 Å². The van der Waals surface area contributed by atoms with E-state index in [2.05, 4.69) is 34.4 Å². The molecular formula is C21H22N4O2S2. The highest BCUT2D eigenvalue weighted by molar-refractivity contribution is 8.00. The number of aryl methyl sites for hydroxylation is 3. The summed E-state index contributed by atoms with van der Waals surface area (Å²) in [5, 5.41) is 7.69. The van der Waals surface area contributed by atoms with E-state index in [1.165, 1.54) is 16.6 Å². The van der Waals surface area contributed by atoms with Crippen LogP contribution in [0.3, 0.4) is 0 Å². The summed E-state index contributed by atoms with van der Waals surface area (Å²) in [5.41, 5.74) is 2.18. The van der Waals surface area contributed by atoms with Gasteiger partial charge < -0.3 is 10.6 Å². The highest BCUT2D eigenvalue weighted by Crippen LogP contribution is 2.35. The van der Waals surface area contributed by atoms with Crippen molar-refractivity contribution >= 4 is 50.8 Å². The van der Waals surface area contributed by atoms with E-state index in [4.69, 9.17) is 0 Å². The van der Waals surface area contributed by atoms with Crippen LogP contribution in [0.5, 0.6) is 0 Å². The van der Waals surface area contributed by atoms with Crippen LogP contribution in [0, 0.1) is 20.8 Å². The first kappa shape index (κ1) is 19.8. The highest BCUT2D eigenvalue weighted by Gasteiger charge is 2.25. The lowest BCUT2D eigenvalue weighted by Gasteiger charge is -2.11. The van der Waals surface area contributed by atoms with Gasteiger partial charge in [0, 0.05) is 16.3 Å². The summed E-state index contributed by atoms with van der Waals surface area (Å²) in [6, 6.07) is 7.36. The maximum absolute atomic E-state index is 12.6. The van der Waals surface area contributed by atoms with Gasteiger partial charge in [0.2, 0.25) is 5.91 Å². The molecule has 1 aliphatic rings. The van der Waals surface area contributed by atoms with E-state index in [1.807, 2.05) is 13.0 Å². The fourth-order valence-electron chi connectivity index (χ4n) is 3.02. The Morgan fingerprint density at radius 3 is 2.69 bits per heavy atom. The zero-order valence-corrected chi connectivity index (χ0v) is 18.2. The Labute approximate surface area is 177 Å². The number of anilines is 1. The molecule has 0 saturated heterocycles. The first-order valence-corrected chi connectivity index (χ1v) is 11.3. The normalized spacial score (nSPS) is 13.5. The molecule has 0 atom stereocenters. The van der Waals surface area contributed by atoms with Gasteiger partial charge in [-0.15, -0.1) is 11.3 Å². The molecule has 29 heavy (non-hydrogen) atoms. The number of para-hydroxylation sites is 1. The molecule has 1 saturated carbocycles. The molecule has 2 aromatic heterocycles. The van der Waals surface area contributed by atoms with Crippen LogP contribution in [0.1, 0.15) is 39.5 Å². The lowest BCUT2D eigenvalue weighted by atomic mass is 10.1. The Bertz CT molecular complexity index is 1110. The van der Waals surface area contributed by atoms with Gasteiger partial charge in [-0.1, -0.05) is 23.9 Å². The van der Waals surface area contributed by atoms with Crippen molar-refractivity contribution in [1.29, 1.82) is 0 Å². The van der Waals surface area contributed by atoms with Crippen molar-refractivity contribution in [3.8, 4) is 0 Å². The van der Waals surface area contributed by atoms with Crippen molar-refractivity contribution in [3.63, 3.8) is 0 Å². The predicted octanol–water partition coefficient (Wildman–Crippen LogP) is 4.24. The van der Waals surface area contributed by atoms with Crippen LogP contribution in [0.4, 0.5) is 5.69 Å². The summed E-state index contributed by atoms with van der Waals surface area (Å²) in [5.74, 6) is 0.589. The van der Waals surface area contributed by atoms with Gasteiger partial charge in [-0.3, -0.25) is 9.59 Å². The van der Waals surface area contributed by atoms with Gasteiger partial charge in [0.25, 0.3) is 5.91 Å². The number of rotatable bonds is 6. The molecule has 2 N–H and O–H groups in total. The number of aromatic nitrogens is 2. The average Bonchev–Trinajstić information content (AvgIpc) is 3.45. The fraction of sp³-hybridized carbons (Fsp3) is 0.333. The summed E-state index contributed by atoms with van der Waals surface area (Å²) in [7, 11) is 0. The minimum absolute atomic E-state index is 0.145. The second-order valence-electron chi connectivity index (χ2n) is 7.17. The van der Waals surface area contributed by atoms with E-state index >= 15 is 0 Å². The molecule has 0 spiro atoms. The standard InChI is InChI=1S/C21H22N4O2S2/c1-11-12(2)29-21-18(11)20(22-13(3)23-21)28-10-17(26)25-16-7-5-4-6-15(16)19(27)24-14-8-9-14/h4-7,14H,8-10H2,1-3H3,(H,24,27)(H,25,26). The summed E-state index contributed by atoms with van der Waals surface area (Å²) in [4.78, 5) is 36.3. The number of thiophene rings is 1. The number of benzene rings is 1. The Balaban J connectivity index is 1.48. The van der Waals surface area contributed by atoms with Crippen LogP contribution in [-0.2, 0) is 4.79 Å². The maximum atomic E-state index is 12.6. The molecule has 2 heterocycles. The molecule has 1 fully saturated rings. The summed E-state index contributed by atoms with van der Waals surface area (Å²) < 4.78 is 0. The molecule has 4 rings (SSSR count). The third kappa shape index (κ3) is 4.43. The number of carbonyl (C=O) groups is 2. The van der Waals surface area contributed by atoms with Crippen molar-refractivity contribution in [3.05, 3.63) is 46.1 Å². The van der Waals surface area contributed by atoms with Gasteiger partial charge in [0.05, 0.1) is 17.0 Å². The number of hydrogen-bond donors (Lipinski definition) is 2. The summed E-state index contributed by atoms with van der Waals surface area (Å²) in [6.45, 7) is 6.00. The van der Waals surface area contributed by atoms with E-state index in [1.54, 1.807) is 29.5 Å². The SMILES string of the molecule is Cc1nc(SCC(=O)Nc2ccccc2C(=O)NC2CC2)c2c(C)c(C)sc2n1. The summed E-state index contributed by atoms with van der Waals surface area (Å²) >= 11 is 3.05. The molecule has 2 amide bonds. The van der Waals surface area contributed by atoms with Crippen molar-refractivity contribution in [1.82, 2.24) is 15.3 Å². The number of nitrogens with one attached hydrogen (secondary N) is 2. The molecule has 1 aliphatic carbocycles. The van der Waals surface area contributed by atoms with Crippen LogP contribution < -0.4 is 10.6 Å². The predicted molar refractivity (Wildman–Crippen MR) is 118 cm³/mol. The van der Waals surface area contributed by atoms with E-state index < -0.39 is 0 Å². The van der Waals surface area contributed by atoms with Crippen LogP contribution >= 0.6 is 23.1 Å². The highest BCUT2D eigenvalue weighted by atomic mass is 32.2. The number of carbonyl (C=O) groups excluding carboxylic acids is 2. The number of nitrogens with zero attached hydrogens (tertiary/aromatic N) is 2. The molecule has 6 nitrogen and oxygen atoms in total. The average molecular weight is 427 g/mol. The molecule has 1 aromatic carbocycles. The van der Waals surface area contributed by atoms with Gasteiger partial charge in [-0.25, -0.2) is 9.97 Å². The number of fused-ring (bicyclic) bond motifs is 1. The maximum Gasteiger partial charge on any atom is 0.253 e. The van der Waals surface area contributed by atoms with Crippen molar-refractivity contribution in [2.24, 2.45) is 0 Å². The Morgan fingerprint density at radius 1 is 1.17 bits per heavy atom. The Hall–Kier alpha value is -2.45. The van der Waals surface area contributed by atoms with Crippen molar-refractivity contribution in [2.75, 3.05) is 11.1 Å². The van der Waals surface area contributed by atoms with Gasteiger partial charge in [0.15, 0.2) is 0 Å². The lowest BCUT2D eigenvalue weighted by Crippen LogP contribution is -2.27.